The predicted octanol–water partition coefficient (Wildman–Crippen LogP) is 14.2. The van der Waals surface area contributed by atoms with Crippen LogP contribution in [0.4, 0.5) is 17.1 Å². The summed E-state index contributed by atoms with van der Waals surface area (Å²) in [6.45, 7) is 1.69. The normalized spacial score (nSPS) is 11.7. The van der Waals surface area contributed by atoms with Gasteiger partial charge in [-0.1, -0.05) is 127 Å². The molecular weight excluding hydrogens is 1280 g/mol. The number of rotatable bonds is 14. The number of nitrogens with one attached hydrogen (secondary N) is 3. The monoisotopic (exact) mass is 1340 g/mol. The molecule has 19 heteroatoms. The fourth-order valence-corrected chi connectivity index (χ4v) is 14.6. The standard InChI is InChI=1S/C52H36N2O8S2.C26H23NO5S/c1-35-33-37(22-25-40-13-5-9-17-47(40)53-63(57,58)43-29-28-38-11-3-4-14-42(38)34-43)23-30-44(35)52(56)62-51(55)41-26-20-36(21-27-41)19-24-39-12-6-10-18-48(39)54-64(59,60)50-32-31-49(61-2)45-15-7-8-16-46(45)50;1-32-24-16-17-25(22-8-4-3-7-21(22)24)33(30,31)27-23-9-5-2-6-19(23)13-10-18-11-14-20(15-12-18)26(28)29/h3-18,20-21,23,26-34,53-54H,1-2H3;2,5-6,9,11-12,14-17,27H,3-4,7-8H2,1H3,(H,28,29). The molecule has 0 fully saturated rings. The van der Waals surface area contributed by atoms with E-state index in [2.05, 4.69) is 49.7 Å². The largest absolute Gasteiger partial charge is 0.496 e. The zero-order valence-corrected chi connectivity index (χ0v) is 54.8. The number of ether oxygens (including phenoxy) is 3. The second-order valence-electron chi connectivity index (χ2n) is 22.1. The van der Waals surface area contributed by atoms with Gasteiger partial charge in [0.2, 0.25) is 0 Å². The van der Waals surface area contributed by atoms with Crippen LogP contribution in [0.15, 0.2) is 245 Å². The van der Waals surface area contributed by atoms with Gasteiger partial charge in [-0.2, -0.15) is 0 Å². The molecule has 16 nitrogen and oxygen atoms in total. The Kier molecular flexibility index (Phi) is 20.0. The predicted molar refractivity (Wildman–Crippen MR) is 375 cm³/mol. The third kappa shape index (κ3) is 15.7. The van der Waals surface area contributed by atoms with Crippen molar-refractivity contribution in [3.8, 4) is 47.0 Å². The van der Waals surface area contributed by atoms with Crippen LogP contribution in [-0.2, 0) is 47.6 Å². The van der Waals surface area contributed by atoms with Gasteiger partial charge in [0, 0.05) is 44.2 Å². The summed E-state index contributed by atoms with van der Waals surface area (Å²) in [6, 6.07) is 63.6. The van der Waals surface area contributed by atoms with Crippen molar-refractivity contribution in [2.45, 2.75) is 47.3 Å². The van der Waals surface area contributed by atoms with Crippen molar-refractivity contribution in [3.63, 3.8) is 0 Å². The van der Waals surface area contributed by atoms with Crippen molar-refractivity contribution in [1.29, 1.82) is 0 Å². The number of carbonyl (C=O) groups is 3. The highest BCUT2D eigenvalue weighted by atomic mass is 32.2. The zero-order chi connectivity index (χ0) is 68.3. The Bertz CT molecular complexity index is 5490. The first-order chi connectivity index (χ1) is 46.8. The summed E-state index contributed by atoms with van der Waals surface area (Å²) in [6.07, 6.45) is 3.43. The molecule has 0 bridgehead atoms. The van der Waals surface area contributed by atoms with Crippen LogP contribution in [0.2, 0.25) is 0 Å². The van der Waals surface area contributed by atoms with Crippen molar-refractivity contribution < 1.29 is 59.0 Å². The fourth-order valence-electron chi connectivity index (χ4n) is 10.9. The SMILES string of the molecule is COc1ccc(S(=O)(=O)Nc2ccccc2C#Cc2ccc(C(=O)O)cc2)c2c1CCCC2.COc1ccc(S(=O)(=O)Nc2ccccc2C#Cc2ccc(C(=O)OC(=O)c3ccc(C#Cc4ccccc4NS(=O)(=O)c4ccc5ccccc5c4)cc3C)cc2)c2ccccc12. The van der Waals surface area contributed by atoms with E-state index in [1.54, 1.807) is 178 Å². The number of aryl methyl sites for hydroxylation is 1. The van der Waals surface area contributed by atoms with Crippen LogP contribution in [0, 0.1) is 42.4 Å². The minimum absolute atomic E-state index is 0.0895. The van der Waals surface area contributed by atoms with E-state index in [0.29, 0.717) is 73.3 Å². The Hall–Kier alpha value is -11.9. The van der Waals surface area contributed by atoms with Crippen LogP contribution in [0.3, 0.4) is 0 Å². The average molecular weight is 1340 g/mol. The number of carboxylic acid groups (broad SMARTS) is 1. The number of hydrogen-bond donors (Lipinski definition) is 4. The third-order valence-corrected chi connectivity index (χ3v) is 20.0. The van der Waals surface area contributed by atoms with Crippen LogP contribution in [0.25, 0.3) is 21.5 Å². The van der Waals surface area contributed by atoms with E-state index < -0.39 is 48.0 Å². The van der Waals surface area contributed by atoms with E-state index in [1.807, 2.05) is 30.3 Å². The lowest BCUT2D eigenvalue weighted by molar-refractivity contribution is 0.0396. The van der Waals surface area contributed by atoms with E-state index >= 15 is 0 Å². The van der Waals surface area contributed by atoms with Crippen molar-refractivity contribution >= 4 is 86.6 Å². The number of sulfonamides is 3. The van der Waals surface area contributed by atoms with E-state index in [9.17, 15) is 39.6 Å². The number of carboxylic acids is 1. The molecule has 11 aromatic rings. The molecule has 0 radical (unpaired) electrons. The summed E-state index contributed by atoms with van der Waals surface area (Å²) in [4.78, 5) is 37.6. The summed E-state index contributed by atoms with van der Waals surface area (Å²) >= 11 is 0. The molecule has 4 N–H and O–H groups in total. The van der Waals surface area contributed by atoms with Gasteiger partial charge in [0.1, 0.15) is 11.5 Å². The molecule has 482 valence electrons. The molecule has 0 saturated heterocycles. The minimum atomic E-state index is -4.03. The molecule has 0 heterocycles. The van der Waals surface area contributed by atoms with Gasteiger partial charge in [-0.05, 0) is 200 Å². The van der Waals surface area contributed by atoms with Gasteiger partial charge >= 0.3 is 17.9 Å². The van der Waals surface area contributed by atoms with Crippen LogP contribution in [0.1, 0.15) is 94.0 Å². The van der Waals surface area contributed by atoms with Gasteiger partial charge in [-0.3, -0.25) is 14.2 Å². The maximum absolute atomic E-state index is 13.6. The number of esters is 2. The van der Waals surface area contributed by atoms with Crippen LogP contribution >= 0.6 is 0 Å². The average Bonchev–Trinajstić information content (AvgIpc) is 0.802. The molecule has 1 aliphatic rings. The Morgan fingerprint density at radius 2 is 0.876 bits per heavy atom. The summed E-state index contributed by atoms with van der Waals surface area (Å²) < 4.78 is 105. The van der Waals surface area contributed by atoms with Crippen molar-refractivity contribution in [3.05, 3.63) is 297 Å². The van der Waals surface area contributed by atoms with Crippen LogP contribution in [0.5, 0.6) is 11.5 Å². The highest BCUT2D eigenvalue weighted by Crippen LogP contribution is 2.36. The first-order valence-corrected chi connectivity index (χ1v) is 34.7. The second-order valence-corrected chi connectivity index (χ2v) is 27.1. The van der Waals surface area contributed by atoms with Crippen LogP contribution < -0.4 is 23.6 Å². The zero-order valence-electron chi connectivity index (χ0n) is 52.3. The number of aromatic carboxylic acids is 1. The molecule has 97 heavy (non-hydrogen) atoms. The van der Waals surface area contributed by atoms with Gasteiger partial charge < -0.3 is 19.3 Å². The minimum Gasteiger partial charge on any atom is -0.496 e. The summed E-state index contributed by atoms with van der Waals surface area (Å²) in [7, 11) is -8.67. The van der Waals surface area contributed by atoms with E-state index in [-0.39, 0.29) is 37.1 Å². The molecule has 0 aromatic heterocycles. The van der Waals surface area contributed by atoms with Gasteiger partial charge in [0.05, 0.1) is 62.7 Å². The van der Waals surface area contributed by atoms with Crippen molar-refractivity contribution in [2.75, 3.05) is 28.4 Å². The van der Waals surface area contributed by atoms with Crippen molar-refractivity contribution in [1.82, 2.24) is 0 Å². The highest BCUT2D eigenvalue weighted by molar-refractivity contribution is 7.93. The Labute approximate surface area is 562 Å². The molecule has 0 unspecified atom stereocenters. The topological polar surface area (TPSA) is 238 Å². The summed E-state index contributed by atoms with van der Waals surface area (Å²) in [5.74, 6) is 16.6. The molecule has 0 atom stereocenters. The summed E-state index contributed by atoms with van der Waals surface area (Å²) in [5, 5.41) is 11.9. The van der Waals surface area contributed by atoms with E-state index in [4.69, 9.17) is 19.3 Å². The molecule has 0 aliphatic heterocycles. The first-order valence-electron chi connectivity index (χ1n) is 30.2. The van der Waals surface area contributed by atoms with Gasteiger partial charge in [-0.15, -0.1) is 0 Å². The molecule has 12 rings (SSSR count). The van der Waals surface area contributed by atoms with Gasteiger partial charge in [0.25, 0.3) is 30.1 Å². The second kappa shape index (κ2) is 29.2. The molecule has 11 aromatic carbocycles. The molecule has 1 aliphatic carbocycles. The number of fused-ring (bicyclic) bond motifs is 3. The quantitative estimate of drug-likeness (QED) is 0.0451. The fraction of sp³-hybridized carbons (Fsp3) is 0.0897. The van der Waals surface area contributed by atoms with Gasteiger partial charge in [-0.25, -0.2) is 39.6 Å². The molecule has 0 amide bonds. The Morgan fingerprint density at radius 1 is 0.412 bits per heavy atom. The summed E-state index contributed by atoms with van der Waals surface area (Å²) in [5.41, 5.74) is 6.83. The van der Waals surface area contributed by atoms with Gasteiger partial charge in [0.15, 0.2) is 0 Å². The maximum atomic E-state index is 13.6. The highest BCUT2D eigenvalue weighted by Gasteiger charge is 2.27. The molecule has 0 spiro atoms. The van der Waals surface area contributed by atoms with E-state index in [0.717, 1.165) is 46.9 Å². The lowest BCUT2D eigenvalue weighted by Crippen LogP contribution is -2.18. The number of para-hydroxylation sites is 3. The number of methoxy groups -OCH3 is 2. The maximum Gasteiger partial charge on any atom is 0.346 e. The number of carbonyl (C=O) groups excluding carboxylic acids is 2. The third-order valence-electron chi connectivity index (χ3n) is 15.8. The lowest BCUT2D eigenvalue weighted by atomic mass is 9.91. The Morgan fingerprint density at radius 3 is 1.44 bits per heavy atom. The molecular formula is C78H59N3O13S3. The lowest BCUT2D eigenvalue weighted by Gasteiger charge is -2.22. The number of hydrogen-bond acceptors (Lipinski definition) is 12. The van der Waals surface area contributed by atoms with Crippen molar-refractivity contribution in [2.24, 2.45) is 0 Å². The number of anilines is 3. The van der Waals surface area contributed by atoms with E-state index in [1.165, 1.54) is 43.5 Å². The van der Waals surface area contributed by atoms with Crippen LogP contribution in [-0.4, -0.2) is 62.5 Å². The number of benzene rings is 11. The Balaban J connectivity index is 0.000000242. The molecule has 0 saturated carbocycles. The first kappa shape index (κ1) is 66.5. The smallest absolute Gasteiger partial charge is 0.346 e.